The SMILES string of the molecule is O=C1CN(C(=O)C[NH+]2CCC[C@@H]2c2ccc3c(c2)OCCCO3)c2ccccc2N1. The zero-order chi connectivity index (χ0) is 20.5. The molecule has 7 heteroatoms. The molecule has 0 aliphatic carbocycles. The van der Waals surface area contributed by atoms with Crippen molar-refractivity contribution in [2.24, 2.45) is 0 Å². The van der Waals surface area contributed by atoms with Crippen molar-refractivity contribution in [2.45, 2.75) is 25.3 Å². The molecule has 30 heavy (non-hydrogen) atoms. The van der Waals surface area contributed by atoms with Crippen LogP contribution < -0.4 is 24.6 Å². The van der Waals surface area contributed by atoms with E-state index in [1.165, 1.54) is 10.5 Å². The number of benzene rings is 2. The minimum atomic E-state index is -0.155. The van der Waals surface area contributed by atoms with Gasteiger partial charge in [-0.3, -0.25) is 14.5 Å². The highest BCUT2D eigenvalue weighted by Gasteiger charge is 2.35. The summed E-state index contributed by atoms with van der Waals surface area (Å²) >= 11 is 0. The van der Waals surface area contributed by atoms with Gasteiger partial charge in [-0.05, 0) is 30.3 Å². The van der Waals surface area contributed by atoms with Gasteiger partial charge >= 0.3 is 0 Å². The lowest BCUT2D eigenvalue weighted by atomic mass is 10.0. The van der Waals surface area contributed by atoms with Gasteiger partial charge in [-0.1, -0.05) is 12.1 Å². The highest BCUT2D eigenvalue weighted by Crippen LogP contribution is 2.33. The predicted molar refractivity (Wildman–Crippen MR) is 112 cm³/mol. The maximum Gasteiger partial charge on any atom is 0.282 e. The summed E-state index contributed by atoms with van der Waals surface area (Å²) in [5, 5.41) is 2.84. The minimum absolute atomic E-state index is 0.0199. The van der Waals surface area contributed by atoms with Crippen molar-refractivity contribution in [1.82, 2.24) is 0 Å². The number of fused-ring (bicyclic) bond motifs is 2. The minimum Gasteiger partial charge on any atom is -0.490 e. The zero-order valence-corrected chi connectivity index (χ0v) is 16.9. The first-order chi connectivity index (χ1) is 14.7. The Labute approximate surface area is 175 Å². The molecule has 156 valence electrons. The Morgan fingerprint density at radius 2 is 1.93 bits per heavy atom. The number of carbonyl (C=O) groups excluding carboxylic acids is 2. The summed E-state index contributed by atoms with van der Waals surface area (Å²) in [6.45, 7) is 2.70. The number of anilines is 2. The number of nitrogens with one attached hydrogen (secondary N) is 2. The number of hydrogen-bond donors (Lipinski definition) is 2. The molecule has 2 amide bonds. The second-order valence-electron chi connectivity index (χ2n) is 8.08. The number of nitrogens with zero attached hydrogens (tertiary/aromatic N) is 1. The molecule has 2 aromatic rings. The van der Waals surface area contributed by atoms with Gasteiger partial charge in [0, 0.05) is 24.8 Å². The molecule has 1 fully saturated rings. The molecule has 3 heterocycles. The Morgan fingerprint density at radius 1 is 1.10 bits per heavy atom. The largest absolute Gasteiger partial charge is 0.490 e. The zero-order valence-electron chi connectivity index (χ0n) is 16.9. The van der Waals surface area contributed by atoms with E-state index in [0.29, 0.717) is 25.4 Å². The van der Waals surface area contributed by atoms with Crippen LogP contribution in [0.25, 0.3) is 0 Å². The number of ether oxygens (including phenoxy) is 2. The lowest BCUT2D eigenvalue weighted by Crippen LogP contribution is -3.11. The van der Waals surface area contributed by atoms with Crippen LogP contribution in [-0.2, 0) is 9.59 Å². The Bertz CT molecular complexity index is 977. The van der Waals surface area contributed by atoms with Crippen molar-refractivity contribution in [3.05, 3.63) is 48.0 Å². The number of quaternary nitrogens is 1. The van der Waals surface area contributed by atoms with Gasteiger partial charge in [0.25, 0.3) is 5.91 Å². The summed E-state index contributed by atoms with van der Waals surface area (Å²) in [5.74, 6) is 1.42. The van der Waals surface area contributed by atoms with Crippen LogP contribution in [0.4, 0.5) is 11.4 Å². The molecule has 3 aliphatic rings. The maximum atomic E-state index is 13.2. The molecule has 0 saturated carbocycles. The first kappa shape index (κ1) is 18.9. The summed E-state index contributed by atoms with van der Waals surface area (Å²) in [6.07, 6.45) is 2.97. The topological polar surface area (TPSA) is 72.3 Å². The van der Waals surface area contributed by atoms with E-state index in [-0.39, 0.29) is 24.4 Å². The van der Waals surface area contributed by atoms with Crippen molar-refractivity contribution >= 4 is 23.2 Å². The molecule has 1 saturated heterocycles. The van der Waals surface area contributed by atoms with Crippen LogP contribution in [0.15, 0.2) is 42.5 Å². The van der Waals surface area contributed by atoms with Crippen molar-refractivity contribution in [2.75, 3.05) is 43.1 Å². The molecule has 0 bridgehead atoms. The first-order valence-electron chi connectivity index (χ1n) is 10.6. The maximum absolute atomic E-state index is 13.2. The van der Waals surface area contributed by atoms with E-state index in [4.69, 9.17) is 9.47 Å². The van der Waals surface area contributed by atoms with Crippen LogP contribution in [0.5, 0.6) is 11.5 Å². The van der Waals surface area contributed by atoms with Gasteiger partial charge in [-0.2, -0.15) is 0 Å². The lowest BCUT2D eigenvalue weighted by molar-refractivity contribution is -0.910. The Hall–Kier alpha value is -3.06. The highest BCUT2D eigenvalue weighted by molar-refractivity contribution is 6.10. The normalized spacial score (nSPS) is 22.8. The van der Waals surface area contributed by atoms with Crippen molar-refractivity contribution in [3.8, 4) is 11.5 Å². The molecule has 0 radical (unpaired) electrons. The van der Waals surface area contributed by atoms with E-state index < -0.39 is 0 Å². The number of hydrogen-bond acceptors (Lipinski definition) is 4. The third-order valence-electron chi connectivity index (χ3n) is 6.11. The van der Waals surface area contributed by atoms with Crippen LogP contribution in [0.2, 0.25) is 0 Å². The molecule has 7 nitrogen and oxygen atoms in total. The average Bonchev–Trinajstić information content (AvgIpc) is 3.08. The molecule has 1 unspecified atom stereocenters. The van der Waals surface area contributed by atoms with E-state index in [1.54, 1.807) is 4.90 Å². The summed E-state index contributed by atoms with van der Waals surface area (Å²) in [6, 6.07) is 13.9. The third kappa shape index (κ3) is 3.61. The molecular weight excluding hydrogens is 382 g/mol. The van der Waals surface area contributed by atoms with Crippen molar-refractivity contribution < 1.29 is 24.0 Å². The van der Waals surface area contributed by atoms with E-state index in [2.05, 4.69) is 17.4 Å². The van der Waals surface area contributed by atoms with Gasteiger partial charge in [0.1, 0.15) is 12.6 Å². The molecule has 2 N–H and O–H groups in total. The standard InChI is InChI=1S/C23H25N3O4/c27-22-14-26(19-6-2-1-5-17(19)24-22)23(28)15-25-10-3-7-18(25)16-8-9-20-21(13-16)30-12-4-11-29-20/h1-2,5-6,8-9,13,18H,3-4,7,10-12,14-15H2,(H,24,27)/p+1/t18-/m1/s1. The van der Waals surface area contributed by atoms with Gasteiger partial charge < -0.3 is 19.7 Å². The summed E-state index contributed by atoms with van der Waals surface area (Å²) < 4.78 is 11.6. The predicted octanol–water partition coefficient (Wildman–Crippen LogP) is 1.55. The highest BCUT2D eigenvalue weighted by atomic mass is 16.5. The molecule has 5 rings (SSSR count). The van der Waals surface area contributed by atoms with Gasteiger partial charge in [0.2, 0.25) is 5.91 Å². The van der Waals surface area contributed by atoms with Crippen LogP contribution in [0, 0.1) is 0 Å². The Kier molecular flexibility index (Phi) is 5.04. The molecule has 2 aromatic carbocycles. The number of rotatable bonds is 3. The van der Waals surface area contributed by atoms with Crippen LogP contribution in [0.3, 0.4) is 0 Å². The summed E-state index contributed by atoms with van der Waals surface area (Å²) in [5.41, 5.74) is 2.64. The summed E-state index contributed by atoms with van der Waals surface area (Å²) in [7, 11) is 0. The lowest BCUT2D eigenvalue weighted by Gasteiger charge is -2.30. The monoisotopic (exact) mass is 408 g/mol. The Balaban J connectivity index is 1.35. The van der Waals surface area contributed by atoms with Crippen LogP contribution in [-0.4, -0.2) is 44.7 Å². The number of likely N-dealkylation sites (tertiary alicyclic amines) is 1. The fourth-order valence-electron chi connectivity index (χ4n) is 4.67. The van der Waals surface area contributed by atoms with Gasteiger partial charge in [-0.25, -0.2) is 0 Å². The molecule has 0 aromatic heterocycles. The molecular formula is C23H26N3O4+. The Morgan fingerprint density at radius 3 is 2.83 bits per heavy atom. The first-order valence-corrected chi connectivity index (χ1v) is 10.6. The number of carbonyl (C=O) groups is 2. The number of para-hydroxylation sites is 2. The third-order valence-corrected chi connectivity index (χ3v) is 6.11. The quantitative estimate of drug-likeness (QED) is 0.809. The van der Waals surface area contributed by atoms with Crippen molar-refractivity contribution in [3.63, 3.8) is 0 Å². The van der Waals surface area contributed by atoms with Crippen LogP contribution in [0.1, 0.15) is 30.9 Å². The second kappa shape index (κ2) is 7.99. The summed E-state index contributed by atoms with van der Waals surface area (Å²) in [4.78, 5) is 28.1. The second-order valence-corrected chi connectivity index (χ2v) is 8.08. The van der Waals surface area contributed by atoms with E-state index in [1.807, 2.05) is 30.3 Å². The molecule has 0 spiro atoms. The van der Waals surface area contributed by atoms with E-state index in [9.17, 15) is 9.59 Å². The average molecular weight is 408 g/mol. The molecule has 3 aliphatic heterocycles. The molecule has 2 atom stereocenters. The van der Waals surface area contributed by atoms with Crippen LogP contribution >= 0.6 is 0 Å². The fraction of sp³-hybridized carbons (Fsp3) is 0.391. The van der Waals surface area contributed by atoms with Gasteiger partial charge in [0.05, 0.1) is 31.1 Å². The van der Waals surface area contributed by atoms with E-state index in [0.717, 1.165) is 43.0 Å². The number of amides is 2. The van der Waals surface area contributed by atoms with E-state index >= 15 is 0 Å². The smallest absolute Gasteiger partial charge is 0.282 e. The van der Waals surface area contributed by atoms with Gasteiger partial charge in [-0.15, -0.1) is 0 Å². The van der Waals surface area contributed by atoms with Gasteiger partial charge in [0.15, 0.2) is 18.0 Å². The fourth-order valence-corrected chi connectivity index (χ4v) is 4.67. The van der Waals surface area contributed by atoms with Crippen molar-refractivity contribution in [1.29, 1.82) is 0 Å².